The van der Waals surface area contributed by atoms with E-state index in [-0.39, 0.29) is 11.9 Å². The molecular formula is C20H23ClN2O2. The molecule has 0 saturated carbocycles. The van der Waals surface area contributed by atoms with E-state index in [0.717, 1.165) is 38.4 Å². The number of nitrogens with zero attached hydrogens (tertiary/aromatic N) is 1. The fraction of sp³-hybridized carbons (Fsp3) is 0.350. The van der Waals surface area contributed by atoms with Gasteiger partial charge in [0.05, 0.1) is 19.3 Å². The molecule has 25 heavy (non-hydrogen) atoms. The van der Waals surface area contributed by atoms with Crippen LogP contribution in [0.25, 0.3) is 0 Å². The zero-order chi connectivity index (χ0) is 17.6. The summed E-state index contributed by atoms with van der Waals surface area (Å²) in [6.07, 6.45) is 0. The number of morpholine rings is 1. The highest BCUT2D eigenvalue weighted by atomic mass is 35.5. The first-order valence-electron chi connectivity index (χ1n) is 8.55. The first-order chi connectivity index (χ1) is 12.1. The van der Waals surface area contributed by atoms with Gasteiger partial charge in [0.25, 0.3) is 5.91 Å². The van der Waals surface area contributed by atoms with Crippen molar-refractivity contribution in [2.24, 2.45) is 0 Å². The molecule has 1 aliphatic heterocycles. The molecule has 1 amide bonds. The Kier molecular flexibility index (Phi) is 6.08. The Morgan fingerprint density at radius 2 is 1.92 bits per heavy atom. The topological polar surface area (TPSA) is 41.6 Å². The van der Waals surface area contributed by atoms with Crippen molar-refractivity contribution < 1.29 is 9.53 Å². The summed E-state index contributed by atoms with van der Waals surface area (Å²) >= 11 is 6.01. The largest absolute Gasteiger partial charge is 0.379 e. The van der Waals surface area contributed by atoms with E-state index in [2.05, 4.69) is 41.4 Å². The van der Waals surface area contributed by atoms with Crippen LogP contribution in [-0.4, -0.2) is 43.7 Å². The molecule has 3 rings (SSSR count). The van der Waals surface area contributed by atoms with Crippen LogP contribution in [0.1, 0.15) is 27.5 Å². The van der Waals surface area contributed by atoms with Gasteiger partial charge in [0, 0.05) is 30.2 Å². The standard InChI is InChI=1S/C20H23ClN2O2/c1-15-5-7-16(8-6-15)19(14-23-9-11-25-12-10-23)22-20(24)17-3-2-4-18(21)13-17/h2-8,13,19H,9-12,14H2,1H3,(H,22,24). The molecule has 1 atom stereocenters. The van der Waals surface area contributed by atoms with Crippen LogP contribution in [0.3, 0.4) is 0 Å². The van der Waals surface area contributed by atoms with Crippen molar-refractivity contribution in [3.63, 3.8) is 0 Å². The van der Waals surface area contributed by atoms with E-state index in [1.54, 1.807) is 24.3 Å². The minimum atomic E-state index is -0.110. The van der Waals surface area contributed by atoms with Crippen LogP contribution >= 0.6 is 11.6 Å². The smallest absolute Gasteiger partial charge is 0.251 e. The fourth-order valence-corrected chi connectivity index (χ4v) is 3.14. The van der Waals surface area contributed by atoms with Crippen LogP contribution in [-0.2, 0) is 4.74 Å². The number of hydrogen-bond donors (Lipinski definition) is 1. The molecule has 0 spiro atoms. The average molecular weight is 359 g/mol. The van der Waals surface area contributed by atoms with Crippen molar-refractivity contribution in [1.29, 1.82) is 0 Å². The summed E-state index contributed by atoms with van der Waals surface area (Å²) in [5, 5.41) is 3.73. The second-order valence-corrected chi connectivity index (χ2v) is 6.80. The van der Waals surface area contributed by atoms with Crippen LogP contribution in [0.4, 0.5) is 0 Å². The Bertz CT molecular complexity index is 712. The highest BCUT2D eigenvalue weighted by molar-refractivity contribution is 6.30. The summed E-state index contributed by atoms with van der Waals surface area (Å²) in [6, 6.07) is 15.3. The molecule has 2 aromatic rings. The lowest BCUT2D eigenvalue weighted by Crippen LogP contribution is -2.43. The molecule has 1 aliphatic rings. The number of benzene rings is 2. The maximum Gasteiger partial charge on any atom is 0.251 e. The van der Waals surface area contributed by atoms with Gasteiger partial charge < -0.3 is 10.1 Å². The third-order valence-corrected chi connectivity index (χ3v) is 4.65. The molecule has 4 nitrogen and oxygen atoms in total. The highest BCUT2D eigenvalue weighted by Crippen LogP contribution is 2.18. The first-order valence-corrected chi connectivity index (χ1v) is 8.93. The summed E-state index contributed by atoms with van der Waals surface area (Å²) in [7, 11) is 0. The van der Waals surface area contributed by atoms with E-state index < -0.39 is 0 Å². The summed E-state index contributed by atoms with van der Waals surface area (Å²) in [5.41, 5.74) is 2.88. The van der Waals surface area contributed by atoms with Gasteiger partial charge in [-0.15, -0.1) is 0 Å². The number of ether oxygens (including phenoxy) is 1. The van der Waals surface area contributed by atoms with Crippen molar-refractivity contribution in [3.8, 4) is 0 Å². The van der Waals surface area contributed by atoms with Gasteiger partial charge >= 0.3 is 0 Å². The highest BCUT2D eigenvalue weighted by Gasteiger charge is 2.20. The van der Waals surface area contributed by atoms with Gasteiger partial charge in [0.1, 0.15) is 0 Å². The van der Waals surface area contributed by atoms with Crippen molar-refractivity contribution >= 4 is 17.5 Å². The van der Waals surface area contributed by atoms with Crippen molar-refractivity contribution in [2.45, 2.75) is 13.0 Å². The average Bonchev–Trinajstić information content (AvgIpc) is 2.62. The van der Waals surface area contributed by atoms with E-state index in [1.165, 1.54) is 5.56 Å². The molecule has 0 bridgehead atoms. The van der Waals surface area contributed by atoms with Crippen LogP contribution in [0.15, 0.2) is 48.5 Å². The monoisotopic (exact) mass is 358 g/mol. The number of rotatable bonds is 5. The Labute approximate surface area is 153 Å². The molecular weight excluding hydrogens is 336 g/mol. The number of nitrogens with one attached hydrogen (secondary N) is 1. The maximum atomic E-state index is 12.7. The molecule has 0 aliphatic carbocycles. The van der Waals surface area contributed by atoms with Crippen molar-refractivity contribution in [3.05, 3.63) is 70.2 Å². The molecule has 5 heteroatoms. The van der Waals surface area contributed by atoms with Crippen LogP contribution in [0, 0.1) is 6.92 Å². The lowest BCUT2D eigenvalue weighted by Gasteiger charge is -2.31. The van der Waals surface area contributed by atoms with Crippen LogP contribution < -0.4 is 5.32 Å². The van der Waals surface area contributed by atoms with E-state index >= 15 is 0 Å². The number of hydrogen-bond acceptors (Lipinski definition) is 3. The Balaban J connectivity index is 1.77. The summed E-state index contributed by atoms with van der Waals surface area (Å²) < 4.78 is 5.42. The molecule has 1 fully saturated rings. The molecule has 0 aromatic heterocycles. The van der Waals surface area contributed by atoms with Crippen molar-refractivity contribution in [1.82, 2.24) is 10.2 Å². The maximum absolute atomic E-state index is 12.7. The number of carbonyl (C=O) groups excluding carboxylic acids is 1. The second kappa shape index (κ2) is 8.48. The van der Waals surface area contributed by atoms with Gasteiger partial charge in [-0.25, -0.2) is 0 Å². The fourth-order valence-electron chi connectivity index (χ4n) is 2.95. The quantitative estimate of drug-likeness (QED) is 0.890. The normalized spacial score (nSPS) is 16.4. The molecule has 132 valence electrons. The summed E-state index contributed by atoms with van der Waals surface area (Å²) in [6.45, 7) is 6.07. The number of amides is 1. The minimum absolute atomic E-state index is 0.0785. The zero-order valence-electron chi connectivity index (χ0n) is 14.4. The predicted molar refractivity (Wildman–Crippen MR) is 100 cm³/mol. The first kappa shape index (κ1) is 17.9. The SMILES string of the molecule is Cc1ccc(C(CN2CCOCC2)NC(=O)c2cccc(Cl)c2)cc1. The van der Waals surface area contributed by atoms with Crippen LogP contribution in [0.5, 0.6) is 0 Å². The van der Waals surface area contributed by atoms with Gasteiger partial charge in [-0.05, 0) is 30.7 Å². The summed E-state index contributed by atoms with van der Waals surface area (Å²) in [5.74, 6) is -0.110. The van der Waals surface area contributed by atoms with Gasteiger partial charge in [0.2, 0.25) is 0 Å². The lowest BCUT2D eigenvalue weighted by molar-refractivity contribution is 0.0332. The van der Waals surface area contributed by atoms with Crippen LogP contribution in [0.2, 0.25) is 5.02 Å². The van der Waals surface area contributed by atoms with E-state index in [0.29, 0.717) is 10.6 Å². The third kappa shape index (κ3) is 5.05. The molecule has 1 saturated heterocycles. The molecule has 0 radical (unpaired) electrons. The van der Waals surface area contributed by atoms with Gasteiger partial charge in [-0.3, -0.25) is 9.69 Å². The number of halogens is 1. The molecule has 2 aromatic carbocycles. The Morgan fingerprint density at radius 3 is 2.60 bits per heavy atom. The predicted octanol–water partition coefficient (Wildman–Crippen LogP) is 3.45. The van der Waals surface area contributed by atoms with E-state index in [9.17, 15) is 4.79 Å². The molecule has 1 N–H and O–H groups in total. The van der Waals surface area contributed by atoms with Gasteiger partial charge in [-0.1, -0.05) is 47.5 Å². The second-order valence-electron chi connectivity index (χ2n) is 6.36. The summed E-state index contributed by atoms with van der Waals surface area (Å²) in [4.78, 5) is 15.0. The van der Waals surface area contributed by atoms with Gasteiger partial charge in [0.15, 0.2) is 0 Å². The number of carbonyl (C=O) groups is 1. The minimum Gasteiger partial charge on any atom is -0.379 e. The lowest BCUT2D eigenvalue weighted by atomic mass is 10.0. The number of aryl methyl sites for hydroxylation is 1. The van der Waals surface area contributed by atoms with E-state index in [4.69, 9.17) is 16.3 Å². The molecule has 1 unspecified atom stereocenters. The van der Waals surface area contributed by atoms with E-state index in [1.807, 2.05) is 0 Å². The Morgan fingerprint density at radius 1 is 1.20 bits per heavy atom. The third-order valence-electron chi connectivity index (χ3n) is 4.42. The van der Waals surface area contributed by atoms with Crippen molar-refractivity contribution in [2.75, 3.05) is 32.8 Å². The molecule has 1 heterocycles. The zero-order valence-corrected chi connectivity index (χ0v) is 15.1. The van der Waals surface area contributed by atoms with Gasteiger partial charge in [-0.2, -0.15) is 0 Å². The Hall–Kier alpha value is -1.88.